The lowest BCUT2D eigenvalue weighted by Crippen LogP contribution is -2.29. The molecule has 0 radical (unpaired) electrons. The third kappa shape index (κ3) is 7.79. The summed E-state index contributed by atoms with van der Waals surface area (Å²) in [6.45, 7) is 4.53. The second-order valence-corrected chi connectivity index (χ2v) is 5.90. The van der Waals surface area contributed by atoms with E-state index in [1.165, 1.54) is 0 Å². The molecule has 5 nitrogen and oxygen atoms in total. The summed E-state index contributed by atoms with van der Waals surface area (Å²) in [5.41, 5.74) is 7.82. The number of nitrogens with one attached hydrogen (secondary N) is 1. The van der Waals surface area contributed by atoms with Crippen molar-refractivity contribution in [2.45, 2.75) is 51.5 Å². The van der Waals surface area contributed by atoms with Gasteiger partial charge in [-0.1, -0.05) is 24.3 Å². The molecule has 0 aromatic heterocycles. The fourth-order valence-corrected chi connectivity index (χ4v) is 2.45. The van der Waals surface area contributed by atoms with Crippen molar-refractivity contribution in [1.82, 2.24) is 5.32 Å². The van der Waals surface area contributed by atoms with Gasteiger partial charge < -0.3 is 20.5 Å². The molecule has 1 aromatic rings. The van der Waals surface area contributed by atoms with Crippen LogP contribution in [0.4, 0.5) is 0 Å². The smallest absolute Gasteiger partial charge is 0.221 e. The topological polar surface area (TPSA) is 73.6 Å². The van der Waals surface area contributed by atoms with Crippen LogP contribution in [0.2, 0.25) is 0 Å². The van der Waals surface area contributed by atoms with Crippen LogP contribution in [0.1, 0.15) is 37.3 Å². The van der Waals surface area contributed by atoms with Crippen LogP contribution < -0.4 is 11.1 Å². The van der Waals surface area contributed by atoms with Crippen LogP contribution in [0.15, 0.2) is 24.3 Å². The number of hydrogen-bond acceptors (Lipinski definition) is 4. The molecular formula is C17H27ClN2O3. The second-order valence-electron chi connectivity index (χ2n) is 5.90. The molecule has 3 N–H and O–H groups in total. The Kier molecular flexibility index (Phi) is 9.17. The first-order chi connectivity index (χ1) is 10.6. The lowest BCUT2D eigenvalue weighted by Gasteiger charge is -2.22. The van der Waals surface area contributed by atoms with Crippen molar-refractivity contribution >= 4 is 18.3 Å². The summed E-state index contributed by atoms with van der Waals surface area (Å²) in [5, 5.41) is 2.89. The molecule has 1 aliphatic rings. The van der Waals surface area contributed by atoms with Crippen LogP contribution in [0.25, 0.3) is 0 Å². The van der Waals surface area contributed by atoms with E-state index in [0.29, 0.717) is 25.7 Å². The molecule has 6 heteroatoms. The Morgan fingerprint density at radius 1 is 1.39 bits per heavy atom. The maximum absolute atomic E-state index is 11.6. The van der Waals surface area contributed by atoms with Crippen molar-refractivity contribution in [3.63, 3.8) is 0 Å². The minimum Gasteiger partial charge on any atom is -0.381 e. The van der Waals surface area contributed by atoms with Crippen molar-refractivity contribution < 1.29 is 14.3 Å². The lowest BCUT2D eigenvalue weighted by molar-refractivity contribution is -0.121. The van der Waals surface area contributed by atoms with Crippen LogP contribution >= 0.6 is 12.4 Å². The molecular weight excluding hydrogens is 316 g/mol. The Bertz CT molecular complexity index is 477. The van der Waals surface area contributed by atoms with E-state index in [1.807, 2.05) is 25.1 Å². The number of amides is 1. The monoisotopic (exact) mass is 342 g/mol. The molecule has 1 heterocycles. The summed E-state index contributed by atoms with van der Waals surface area (Å²) in [6.07, 6.45) is 2.58. The van der Waals surface area contributed by atoms with Gasteiger partial charge in [-0.25, -0.2) is 0 Å². The Morgan fingerprint density at radius 2 is 2.09 bits per heavy atom. The van der Waals surface area contributed by atoms with Gasteiger partial charge >= 0.3 is 0 Å². The highest BCUT2D eigenvalue weighted by atomic mass is 35.5. The van der Waals surface area contributed by atoms with Crippen LogP contribution in [0.5, 0.6) is 0 Å². The van der Waals surface area contributed by atoms with Gasteiger partial charge in [-0.2, -0.15) is 0 Å². The molecule has 23 heavy (non-hydrogen) atoms. The molecule has 0 bridgehead atoms. The minimum absolute atomic E-state index is 0. The summed E-state index contributed by atoms with van der Waals surface area (Å²) in [7, 11) is 0. The van der Waals surface area contributed by atoms with Gasteiger partial charge in [0.2, 0.25) is 5.91 Å². The summed E-state index contributed by atoms with van der Waals surface area (Å²) in [4.78, 5) is 11.6. The zero-order valence-electron chi connectivity index (χ0n) is 13.6. The Labute approximate surface area is 144 Å². The van der Waals surface area contributed by atoms with E-state index in [2.05, 4.69) is 11.4 Å². The summed E-state index contributed by atoms with van der Waals surface area (Å²) in [6, 6.07) is 8.01. The number of carbonyl (C=O) groups excluding carboxylic acids is 1. The largest absolute Gasteiger partial charge is 0.381 e. The molecule has 1 unspecified atom stereocenters. The van der Waals surface area contributed by atoms with Crippen molar-refractivity contribution in [1.29, 1.82) is 0 Å². The Hall–Kier alpha value is -1.14. The summed E-state index contributed by atoms with van der Waals surface area (Å²) < 4.78 is 11.2. The minimum atomic E-state index is -0.112. The molecule has 0 saturated carbocycles. The van der Waals surface area contributed by atoms with Crippen LogP contribution in [-0.4, -0.2) is 31.3 Å². The Morgan fingerprint density at radius 3 is 2.78 bits per heavy atom. The van der Waals surface area contributed by atoms with E-state index in [4.69, 9.17) is 15.2 Å². The van der Waals surface area contributed by atoms with Gasteiger partial charge in [0.05, 0.1) is 12.7 Å². The van der Waals surface area contributed by atoms with Gasteiger partial charge in [0, 0.05) is 32.2 Å². The second kappa shape index (κ2) is 10.6. The molecule has 0 aliphatic carbocycles. The highest BCUT2D eigenvalue weighted by Crippen LogP contribution is 2.14. The van der Waals surface area contributed by atoms with Crippen molar-refractivity contribution in [3.05, 3.63) is 35.4 Å². The zero-order chi connectivity index (χ0) is 15.8. The fourth-order valence-electron chi connectivity index (χ4n) is 2.45. The predicted octanol–water partition coefficient (Wildman–Crippen LogP) is 2.16. The van der Waals surface area contributed by atoms with E-state index < -0.39 is 0 Å². The van der Waals surface area contributed by atoms with Gasteiger partial charge in [0.1, 0.15) is 0 Å². The number of benzene rings is 1. The van der Waals surface area contributed by atoms with E-state index in [9.17, 15) is 4.79 Å². The van der Waals surface area contributed by atoms with E-state index in [1.54, 1.807) is 0 Å². The fraction of sp³-hybridized carbons (Fsp3) is 0.588. The SMILES string of the molecule is CC(N)CC(=O)NCc1cccc(COC2CCOCC2)c1.Cl. The summed E-state index contributed by atoms with van der Waals surface area (Å²) in [5.74, 6) is -0.0149. The number of halogens is 1. The first kappa shape index (κ1) is 19.9. The molecule has 1 aliphatic heterocycles. The average molecular weight is 343 g/mol. The van der Waals surface area contributed by atoms with Gasteiger partial charge in [-0.05, 0) is 30.9 Å². The van der Waals surface area contributed by atoms with Gasteiger partial charge in [0.15, 0.2) is 0 Å². The van der Waals surface area contributed by atoms with Gasteiger partial charge in [-0.3, -0.25) is 4.79 Å². The molecule has 2 rings (SSSR count). The first-order valence-electron chi connectivity index (χ1n) is 7.93. The molecule has 1 fully saturated rings. The van der Waals surface area contributed by atoms with Crippen LogP contribution in [-0.2, 0) is 27.4 Å². The third-order valence-corrected chi connectivity index (χ3v) is 3.64. The van der Waals surface area contributed by atoms with E-state index >= 15 is 0 Å². The molecule has 1 amide bonds. The number of carbonyl (C=O) groups is 1. The van der Waals surface area contributed by atoms with E-state index in [0.717, 1.165) is 37.2 Å². The predicted molar refractivity (Wildman–Crippen MR) is 92.4 cm³/mol. The molecule has 0 spiro atoms. The molecule has 130 valence electrons. The maximum Gasteiger partial charge on any atom is 0.221 e. The average Bonchev–Trinajstić information content (AvgIpc) is 2.52. The van der Waals surface area contributed by atoms with Crippen LogP contribution in [0, 0.1) is 0 Å². The Balaban J connectivity index is 0.00000264. The number of hydrogen-bond donors (Lipinski definition) is 2. The van der Waals surface area contributed by atoms with E-state index in [-0.39, 0.29) is 24.4 Å². The standard InChI is InChI=1S/C17H26N2O3.ClH/c1-13(18)9-17(20)19-11-14-3-2-4-15(10-14)12-22-16-5-7-21-8-6-16;/h2-4,10,13,16H,5-9,11-12,18H2,1H3,(H,19,20);1H. The van der Waals surface area contributed by atoms with Gasteiger partial charge in [-0.15, -0.1) is 12.4 Å². The quantitative estimate of drug-likeness (QED) is 0.796. The third-order valence-electron chi connectivity index (χ3n) is 3.64. The normalized spacial score (nSPS) is 16.4. The maximum atomic E-state index is 11.6. The summed E-state index contributed by atoms with van der Waals surface area (Å²) >= 11 is 0. The number of rotatable bonds is 7. The lowest BCUT2D eigenvalue weighted by atomic mass is 10.1. The highest BCUT2D eigenvalue weighted by Gasteiger charge is 2.14. The molecule has 1 aromatic carbocycles. The van der Waals surface area contributed by atoms with Crippen molar-refractivity contribution in [3.8, 4) is 0 Å². The first-order valence-corrected chi connectivity index (χ1v) is 7.93. The van der Waals surface area contributed by atoms with Crippen LogP contribution in [0.3, 0.4) is 0 Å². The van der Waals surface area contributed by atoms with Gasteiger partial charge in [0.25, 0.3) is 0 Å². The van der Waals surface area contributed by atoms with Crippen molar-refractivity contribution in [2.24, 2.45) is 5.73 Å². The molecule has 1 saturated heterocycles. The molecule has 1 atom stereocenters. The number of ether oxygens (including phenoxy) is 2. The number of nitrogens with two attached hydrogens (primary N) is 1. The zero-order valence-corrected chi connectivity index (χ0v) is 14.4. The highest BCUT2D eigenvalue weighted by molar-refractivity contribution is 5.85. The van der Waals surface area contributed by atoms with Crippen molar-refractivity contribution in [2.75, 3.05) is 13.2 Å².